The summed E-state index contributed by atoms with van der Waals surface area (Å²) in [5.74, 6) is 1.18. The SMILES string of the molecule is Cc1ccc([C@@H]2Oc3ccccc3C3=C2[C@@H](c2ccc(F)cc2)n2ncnc2N3)cc1. The molecule has 2 aliphatic rings. The largest absolute Gasteiger partial charge is 0.480 e. The van der Waals surface area contributed by atoms with Gasteiger partial charge in [0, 0.05) is 11.1 Å². The maximum absolute atomic E-state index is 13.7. The molecule has 3 heterocycles. The van der Waals surface area contributed by atoms with Crippen LogP contribution in [0.5, 0.6) is 5.75 Å². The normalized spacial score (nSPS) is 19.0. The molecular weight excluding hydrogens is 391 g/mol. The van der Waals surface area contributed by atoms with Crippen LogP contribution in [0.2, 0.25) is 0 Å². The summed E-state index contributed by atoms with van der Waals surface area (Å²) in [5.41, 5.74) is 6.11. The topological polar surface area (TPSA) is 52.0 Å². The highest BCUT2D eigenvalue weighted by molar-refractivity contribution is 5.85. The van der Waals surface area contributed by atoms with Crippen molar-refractivity contribution < 1.29 is 9.13 Å². The highest BCUT2D eigenvalue weighted by atomic mass is 19.1. The van der Waals surface area contributed by atoms with E-state index in [0.29, 0.717) is 5.95 Å². The maximum atomic E-state index is 13.7. The van der Waals surface area contributed by atoms with Crippen LogP contribution in [0, 0.1) is 12.7 Å². The minimum atomic E-state index is -0.328. The molecule has 6 rings (SSSR count). The van der Waals surface area contributed by atoms with Gasteiger partial charge in [0.15, 0.2) is 0 Å². The van der Waals surface area contributed by atoms with Crippen LogP contribution in [0.25, 0.3) is 5.70 Å². The minimum Gasteiger partial charge on any atom is -0.480 e. The first kappa shape index (κ1) is 17.9. The number of fused-ring (bicyclic) bond motifs is 3. The van der Waals surface area contributed by atoms with Crippen molar-refractivity contribution in [2.24, 2.45) is 0 Å². The van der Waals surface area contributed by atoms with Crippen molar-refractivity contribution in [1.29, 1.82) is 0 Å². The summed E-state index contributed by atoms with van der Waals surface area (Å²) in [6, 6.07) is 22.6. The Morgan fingerprint density at radius 1 is 0.935 bits per heavy atom. The zero-order chi connectivity index (χ0) is 20.9. The van der Waals surface area contributed by atoms with Gasteiger partial charge in [-0.1, -0.05) is 54.1 Å². The van der Waals surface area contributed by atoms with E-state index in [4.69, 9.17) is 4.74 Å². The number of hydrogen-bond acceptors (Lipinski definition) is 4. The number of ether oxygens (including phenoxy) is 1. The molecule has 0 amide bonds. The fourth-order valence-electron chi connectivity index (χ4n) is 4.40. The lowest BCUT2D eigenvalue weighted by molar-refractivity contribution is 0.223. The molecule has 4 aromatic rings. The number of rotatable bonds is 2. The molecule has 5 nitrogen and oxygen atoms in total. The number of nitrogens with zero attached hydrogens (tertiary/aromatic N) is 3. The van der Waals surface area contributed by atoms with Crippen molar-refractivity contribution in [3.8, 4) is 5.75 Å². The number of benzene rings is 3. The van der Waals surface area contributed by atoms with Crippen LogP contribution in [-0.2, 0) is 0 Å². The molecule has 3 aromatic carbocycles. The number of para-hydroxylation sites is 1. The smallest absolute Gasteiger partial charge is 0.226 e. The lowest BCUT2D eigenvalue weighted by atomic mass is 9.84. The van der Waals surface area contributed by atoms with Gasteiger partial charge in [-0.15, -0.1) is 0 Å². The van der Waals surface area contributed by atoms with Crippen molar-refractivity contribution in [2.75, 3.05) is 5.32 Å². The van der Waals surface area contributed by atoms with Crippen LogP contribution in [0.15, 0.2) is 84.7 Å². The average molecular weight is 410 g/mol. The highest BCUT2D eigenvalue weighted by Gasteiger charge is 2.40. The molecule has 0 saturated carbocycles. The fraction of sp³-hybridized carbons (Fsp3) is 0.120. The Bertz CT molecular complexity index is 1310. The monoisotopic (exact) mass is 410 g/mol. The van der Waals surface area contributed by atoms with E-state index in [1.54, 1.807) is 12.1 Å². The molecule has 0 bridgehead atoms. The molecule has 2 atom stereocenters. The van der Waals surface area contributed by atoms with Gasteiger partial charge in [-0.05, 0) is 42.3 Å². The van der Waals surface area contributed by atoms with E-state index in [1.165, 1.54) is 24.0 Å². The van der Waals surface area contributed by atoms with Crippen molar-refractivity contribution in [3.05, 3.63) is 113 Å². The van der Waals surface area contributed by atoms with Gasteiger partial charge in [0.05, 0.1) is 5.70 Å². The summed E-state index contributed by atoms with van der Waals surface area (Å²) in [4.78, 5) is 4.42. The summed E-state index contributed by atoms with van der Waals surface area (Å²) >= 11 is 0. The first-order valence-corrected chi connectivity index (χ1v) is 10.2. The maximum Gasteiger partial charge on any atom is 0.226 e. The highest BCUT2D eigenvalue weighted by Crippen LogP contribution is 2.50. The van der Waals surface area contributed by atoms with Gasteiger partial charge in [0.1, 0.15) is 30.0 Å². The molecule has 0 saturated heterocycles. The Morgan fingerprint density at radius 2 is 1.68 bits per heavy atom. The van der Waals surface area contributed by atoms with Gasteiger partial charge in [-0.25, -0.2) is 9.07 Å². The first-order chi connectivity index (χ1) is 15.2. The number of hydrogen-bond donors (Lipinski definition) is 1. The first-order valence-electron chi connectivity index (χ1n) is 10.2. The van der Waals surface area contributed by atoms with Gasteiger partial charge >= 0.3 is 0 Å². The molecule has 0 radical (unpaired) electrons. The van der Waals surface area contributed by atoms with Gasteiger partial charge in [0.2, 0.25) is 5.95 Å². The summed E-state index contributed by atoms with van der Waals surface area (Å²) in [5, 5.41) is 7.96. The van der Waals surface area contributed by atoms with Crippen LogP contribution in [0.3, 0.4) is 0 Å². The van der Waals surface area contributed by atoms with Crippen molar-refractivity contribution in [3.63, 3.8) is 0 Å². The van der Waals surface area contributed by atoms with Crippen LogP contribution < -0.4 is 10.1 Å². The average Bonchev–Trinajstić information content (AvgIpc) is 3.27. The van der Waals surface area contributed by atoms with Crippen molar-refractivity contribution >= 4 is 11.6 Å². The molecule has 0 fully saturated rings. The number of anilines is 1. The lowest BCUT2D eigenvalue weighted by Crippen LogP contribution is -2.32. The zero-order valence-electron chi connectivity index (χ0n) is 16.8. The Hall–Kier alpha value is -3.93. The predicted molar refractivity (Wildman–Crippen MR) is 116 cm³/mol. The molecule has 31 heavy (non-hydrogen) atoms. The van der Waals surface area contributed by atoms with E-state index in [-0.39, 0.29) is 18.0 Å². The second kappa shape index (κ2) is 6.80. The third-order valence-electron chi connectivity index (χ3n) is 5.89. The minimum absolute atomic E-state index is 0.272. The molecular formula is C25H19FN4O. The van der Waals surface area contributed by atoms with Gasteiger partial charge in [-0.2, -0.15) is 10.1 Å². The molecule has 0 unspecified atom stereocenters. The van der Waals surface area contributed by atoms with Crippen LogP contribution >= 0.6 is 0 Å². The number of nitrogens with one attached hydrogen (secondary N) is 1. The van der Waals surface area contributed by atoms with E-state index in [0.717, 1.165) is 33.7 Å². The summed E-state index contributed by atoms with van der Waals surface area (Å²) in [6.45, 7) is 2.07. The van der Waals surface area contributed by atoms with E-state index in [2.05, 4.69) is 46.6 Å². The Kier molecular flexibility index (Phi) is 3.93. The quantitative estimate of drug-likeness (QED) is 0.488. The second-order valence-corrected chi connectivity index (χ2v) is 7.84. The molecule has 2 aliphatic heterocycles. The van der Waals surface area contributed by atoms with Crippen LogP contribution in [0.1, 0.15) is 34.4 Å². The molecule has 1 aromatic heterocycles. The molecule has 0 aliphatic carbocycles. The van der Waals surface area contributed by atoms with Crippen LogP contribution in [-0.4, -0.2) is 14.8 Å². The number of aromatic nitrogens is 3. The standard InChI is InChI=1S/C25H19FN4O/c1-15-6-8-17(9-7-15)24-21-22(19-4-2-3-5-20(19)31-24)29-25-27-14-28-30(25)23(21)16-10-12-18(26)13-11-16/h2-14,23-24H,1H3,(H,27,28,29)/t23-,24+/m1/s1. The molecule has 6 heteroatoms. The third kappa shape index (κ3) is 2.83. The Morgan fingerprint density at radius 3 is 2.48 bits per heavy atom. The third-order valence-corrected chi connectivity index (χ3v) is 5.89. The second-order valence-electron chi connectivity index (χ2n) is 7.84. The summed E-state index contributed by atoms with van der Waals surface area (Å²) in [6.07, 6.45) is 1.20. The van der Waals surface area contributed by atoms with Gasteiger partial charge in [-0.3, -0.25) is 0 Å². The molecule has 1 N–H and O–H groups in total. The van der Waals surface area contributed by atoms with Crippen molar-refractivity contribution in [1.82, 2.24) is 14.8 Å². The lowest BCUT2D eigenvalue weighted by Gasteiger charge is -2.39. The Balaban J connectivity index is 1.62. The summed E-state index contributed by atoms with van der Waals surface area (Å²) < 4.78 is 22.1. The predicted octanol–water partition coefficient (Wildman–Crippen LogP) is 5.29. The van der Waals surface area contributed by atoms with E-state index < -0.39 is 0 Å². The molecule has 0 spiro atoms. The van der Waals surface area contributed by atoms with E-state index in [9.17, 15) is 4.39 Å². The number of aryl methyl sites for hydroxylation is 1. The van der Waals surface area contributed by atoms with Crippen molar-refractivity contribution in [2.45, 2.75) is 19.1 Å². The van der Waals surface area contributed by atoms with Gasteiger partial charge < -0.3 is 10.1 Å². The van der Waals surface area contributed by atoms with Crippen LogP contribution in [0.4, 0.5) is 10.3 Å². The Labute approximate surface area is 178 Å². The summed E-state index contributed by atoms with van der Waals surface area (Å²) in [7, 11) is 0. The molecule has 152 valence electrons. The van der Waals surface area contributed by atoms with Gasteiger partial charge in [0.25, 0.3) is 0 Å². The van der Waals surface area contributed by atoms with E-state index in [1.807, 2.05) is 28.9 Å². The van der Waals surface area contributed by atoms with E-state index >= 15 is 0 Å². The zero-order valence-corrected chi connectivity index (χ0v) is 16.8. The fourth-order valence-corrected chi connectivity index (χ4v) is 4.40. The number of halogens is 1.